The lowest BCUT2D eigenvalue weighted by molar-refractivity contribution is -0.0201. The van der Waals surface area contributed by atoms with Gasteiger partial charge in [0.15, 0.2) is 0 Å². The monoisotopic (exact) mass is 177 g/mol. The summed E-state index contributed by atoms with van der Waals surface area (Å²) in [6, 6.07) is 10.0. The standard InChI is InChI=1S/C11H15NO/c13-11(7-4-8-11)9-12-10-5-2-1-3-6-10/h1-3,5-6,12-13H,4,7-9H2. The molecule has 2 N–H and O–H groups in total. The highest BCUT2D eigenvalue weighted by atomic mass is 16.3. The van der Waals surface area contributed by atoms with Crippen LogP contribution in [-0.2, 0) is 0 Å². The Kier molecular flexibility index (Phi) is 2.23. The third-order valence-corrected chi connectivity index (χ3v) is 2.68. The van der Waals surface area contributed by atoms with Crippen molar-refractivity contribution >= 4 is 5.69 Å². The van der Waals surface area contributed by atoms with Crippen molar-refractivity contribution in [2.75, 3.05) is 11.9 Å². The lowest BCUT2D eigenvalue weighted by Gasteiger charge is -2.36. The number of rotatable bonds is 3. The van der Waals surface area contributed by atoms with Crippen LogP contribution in [0, 0.1) is 0 Å². The van der Waals surface area contributed by atoms with Crippen LogP contribution in [0.2, 0.25) is 0 Å². The van der Waals surface area contributed by atoms with Crippen molar-refractivity contribution in [1.29, 1.82) is 0 Å². The highest BCUT2D eigenvalue weighted by molar-refractivity contribution is 5.42. The molecular weight excluding hydrogens is 162 g/mol. The van der Waals surface area contributed by atoms with Gasteiger partial charge in [-0.25, -0.2) is 0 Å². The first-order valence-corrected chi connectivity index (χ1v) is 4.80. The molecule has 70 valence electrons. The number of hydrogen-bond acceptors (Lipinski definition) is 2. The second kappa shape index (κ2) is 3.38. The van der Waals surface area contributed by atoms with Gasteiger partial charge in [-0.1, -0.05) is 18.2 Å². The molecular formula is C11H15NO. The smallest absolute Gasteiger partial charge is 0.0819 e. The molecule has 0 saturated heterocycles. The van der Waals surface area contributed by atoms with Crippen LogP contribution in [0.15, 0.2) is 30.3 Å². The number of para-hydroxylation sites is 1. The highest BCUT2D eigenvalue weighted by Crippen LogP contribution is 2.31. The van der Waals surface area contributed by atoms with Crippen LogP contribution in [0.3, 0.4) is 0 Å². The van der Waals surface area contributed by atoms with E-state index in [1.807, 2.05) is 30.3 Å². The van der Waals surface area contributed by atoms with Crippen LogP contribution >= 0.6 is 0 Å². The molecule has 0 atom stereocenters. The van der Waals surface area contributed by atoms with Gasteiger partial charge in [0.1, 0.15) is 0 Å². The number of hydrogen-bond donors (Lipinski definition) is 2. The summed E-state index contributed by atoms with van der Waals surface area (Å²) in [6.07, 6.45) is 3.03. The summed E-state index contributed by atoms with van der Waals surface area (Å²) in [7, 11) is 0. The van der Waals surface area contributed by atoms with Crippen LogP contribution in [0.1, 0.15) is 19.3 Å². The molecule has 2 rings (SSSR count). The highest BCUT2D eigenvalue weighted by Gasteiger charge is 2.33. The summed E-state index contributed by atoms with van der Waals surface area (Å²) in [6.45, 7) is 0.678. The summed E-state index contributed by atoms with van der Waals surface area (Å²) in [5.74, 6) is 0. The number of benzene rings is 1. The van der Waals surface area contributed by atoms with E-state index in [-0.39, 0.29) is 0 Å². The zero-order valence-corrected chi connectivity index (χ0v) is 7.66. The Labute approximate surface area is 78.6 Å². The Morgan fingerprint density at radius 1 is 1.23 bits per heavy atom. The van der Waals surface area contributed by atoms with Gasteiger partial charge in [-0.15, -0.1) is 0 Å². The maximum absolute atomic E-state index is 9.81. The van der Waals surface area contributed by atoms with Gasteiger partial charge in [0.05, 0.1) is 5.60 Å². The van der Waals surface area contributed by atoms with E-state index in [0.29, 0.717) is 6.54 Å². The predicted octanol–water partition coefficient (Wildman–Crippen LogP) is 2.01. The molecule has 0 radical (unpaired) electrons. The van der Waals surface area contributed by atoms with Gasteiger partial charge in [-0.3, -0.25) is 0 Å². The molecule has 0 bridgehead atoms. The first-order chi connectivity index (χ1) is 6.29. The first kappa shape index (κ1) is 8.57. The number of nitrogens with one attached hydrogen (secondary N) is 1. The molecule has 1 aromatic rings. The van der Waals surface area contributed by atoms with Gasteiger partial charge < -0.3 is 10.4 Å². The summed E-state index contributed by atoms with van der Waals surface area (Å²) < 4.78 is 0. The van der Waals surface area contributed by atoms with Gasteiger partial charge in [0, 0.05) is 12.2 Å². The molecule has 0 spiro atoms. The van der Waals surface area contributed by atoms with Gasteiger partial charge >= 0.3 is 0 Å². The molecule has 2 nitrogen and oxygen atoms in total. The van der Waals surface area contributed by atoms with E-state index >= 15 is 0 Å². The maximum atomic E-state index is 9.81. The third kappa shape index (κ3) is 2.01. The van der Waals surface area contributed by atoms with Crippen LogP contribution in [0.5, 0.6) is 0 Å². The molecule has 0 heterocycles. The fourth-order valence-corrected chi connectivity index (χ4v) is 1.58. The summed E-state index contributed by atoms with van der Waals surface area (Å²) in [5, 5.41) is 13.0. The maximum Gasteiger partial charge on any atom is 0.0819 e. The SMILES string of the molecule is OC1(CNc2ccccc2)CCC1. The number of anilines is 1. The van der Waals surface area contributed by atoms with Crippen molar-refractivity contribution < 1.29 is 5.11 Å². The molecule has 1 fully saturated rings. The molecule has 0 aliphatic heterocycles. The van der Waals surface area contributed by atoms with Crippen molar-refractivity contribution in [3.05, 3.63) is 30.3 Å². The molecule has 1 saturated carbocycles. The van der Waals surface area contributed by atoms with E-state index in [0.717, 1.165) is 24.9 Å². The summed E-state index contributed by atoms with van der Waals surface area (Å²) in [4.78, 5) is 0. The largest absolute Gasteiger partial charge is 0.388 e. The minimum atomic E-state index is -0.435. The van der Waals surface area contributed by atoms with E-state index in [1.165, 1.54) is 0 Å². The van der Waals surface area contributed by atoms with Crippen LogP contribution in [0.4, 0.5) is 5.69 Å². The van der Waals surface area contributed by atoms with Crippen LogP contribution < -0.4 is 5.32 Å². The van der Waals surface area contributed by atoms with Crippen molar-refractivity contribution in [2.24, 2.45) is 0 Å². The molecule has 0 unspecified atom stereocenters. The number of aliphatic hydroxyl groups is 1. The predicted molar refractivity (Wildman–Crippen MR) is 53.7 cm³/mol. The van der Waals surface area contributed by atoms with Crippen LogP contribution in [-0.4, -0.2) is 17.3 Å². The topological polar surface area (TPSA) is 32.3 Å². The van der Waals surface area contributed by atoms with E-state index in [9.17, 15) is 5.11 Å². The molecule has 1 aliphatic rings. The average molecular weight is 177 g/mol. The van der Waals surface area contributed by atoms with Crippen molar-refractivity contribution in [2.45, 2.75) is 24.9 Å². The van der Waals surface area contributed by atoms with E-state index in [1.54, 1.807) is 0 Å². The summed E-state index contributed by atoms with van der Waals surface area (Å²) in [5.41, 5.74) is 0.651. The second-order valence-corrected chi connectivity index (χ2v) is 3.80. The molecule has 0 amide bonds. The quantitative estimate of drug-likeness (QED) is 0.740. The zero-order chi connectivity index (χ0) is 9.15. The fraction of sp³-hybridized carbons (Fsp3) is 0.455. The van der Waals surface area contributed by atoms with Crippen LogP contribution in [0.25, 0.3) is 0 Å². The minimum absolute atomic E-state index is 0.435. The zero-order valence-electron chi connectivity index (χ0n) is 7.66. The fourth-order valence-electron chi connectivity index (χ4n) is 1.58. The Morgan fingerprint density at radius 2 is 1.92 bits per heavy atom. The van der Waals surface area contributed by atoms with E-state index in [2.05, 4.69) is 5.32 Å². The van der Waals surface area contributed by atoms with E-state index < -0.39 is 5.60 Å². The molecule has 13 heavy (non-hydrogen) atoms. The van der Waals surface area contributed by atoms with Gasteiger partial charge in [-0.05, 0) is 31.4 Å². The second-order valence-electron chi connectivity index (χ2n) is 3.80. The van der Waals surface area contributed by atoms with Crippen molar-refractivity contribution in [1.82, 2.24) is 0 Å². The Hall–Kier alpha value is -1.02. The van der Waals surface area contributed by atoms with Crippen molar-refractivity contribution in [3.63, 3.8) is 0 Å². The molecule has 1 aromatic carbocycles. The Morgan fingerprint density at radius 3 is 2.46 bits per heavy atom. The average Bonchev–Trinajstić information content (AvgIpc) is 2.13. The van der Waals surface area contributed by atoms with Gasteiger partial charge in [0.2, 0.25) is 0 Å². The van der Waals surface area contributed by atoms with E-state index in [4.69, 9.17) is 0 Å². The molecule has 0 aromatic heterocycles. The lowest BCUT2D eigenvalue weighted by atomic mass is 9.80. The Balaban J connectivity index is 1.86. The first-order valence-electron chi connectivity index (χ1n) is 4.80. The minimum Gasteiger partial charge on any atom is -0.388 e. The lowest BCUT2D eigenvalue weighted by Crippen LogP contribution is -2.43. The van der Waals surface area contributed by atoms with Crippen molar-refractivity contribution in [3.8, 4) is 0 Å². The Bertz CT molecular complexity index is 267. The third-order valence-electron chi connectivity index (χ3n) is 2.68. The van der Waals surface area contributed by atoms with Gasteiger partial charge in [-0.2, -0.15) is 0 Å². The summed E-state index contributed by atoms with van der Waals surface area (Å²) >= 11 is 0. The van der Waals surface area contributed by atoms with Gasteiger partial charge in [0.25, 0.3) is 0 Å². The normalized spacial score (nSPS) is 19.2. The molecule has 2 heteroatoms. The molecule has 1 aliphatic carbocycles.